The molecule has 1 aromatic heterocycles. The van der Waals surface area contributed by atoms with Crippen molar-refractivity contribution < 1.29 is 9.59 Å². The van der Waals surface area contributed by atoms with E-state index in [4.69, 9.17) is 0 Å². The van der Waals surface area contributed by atoms with Crippen LogP contribution in [0.25, 0.3) is 11.3 Å². The van der Waals surface area contributed by atoms with Crippen LogP contribution < -0.4 is 10.6 Å². The highest BCUT2D eigenvalue weighted by Gasteiger charge is 2.24. The Labute approximate surface area is 252 Å². The van der Waals surface area contributed by atoms with Crippen LogP contribution in [0.4, 0.5) is 9.93 Å². The van der Waals surface area contributed by atoms with Crippen LogP contribution in [0, 0.1) is 0 Å². The molecule has 1 aliphatic rings. The molecule has 0 radical (unpaired) electrons. The molecule has 2 N–H and O–H groups in total. The minimum Gasteiger partial charge on any atom is -0.337 e. The quantitative estimate of drug-likeness (QED) is 0.213. The summed E-state index contributed by atoms with van der Waals surface area (Å²) in [5.41, 5.74) is 4.30. The van der Waals surface area contributed by atoms with Crippen LogP contribution in [0.1, 0.15) is 43.2 Å². The maximum Gasteiger partial charge on any atom is 0.323 e. The fourth-order valence-corrected chi connectivity index (χ4v) is 6.23. The Morgan fingerprint density at radius 1 is 0.976 bits per heavy atom. The molecule has 3 amide bonds. The number of anilines is 1. The molecule has 7 nitrogen and oxygen atoms in total. The molecule has 3 aromatic carbocycles. The highest BCUT2D eigenvalue weighted by molar-refractivity contribution is 7.14. The van der Waals surface area contributed by atoms with Gasteiger partial charge in [-0.1, -0.05) is 91.0 Å². The number of urea groups is 1. The van der Waals surface area contributed by atoms with Gasteiger partial charge in [-0.3, -0.25) is 10.1 Å². The largest absolute Gasteiger partial charge is 0.337 e. The van der Waals surface area contributed by atoms with Gasteiger partial charge in [0.2, 0.25) is 5.91 Å². The lowest BCUT2D eigenvalue weighted by atomic mass is 9.88. The lowest BCUT2D eigenvalue weighted by Gasteiger charge is -2.34. The van der Waals surface area contributed by atoms with E-state index in [0.29, 0.717) is 31.1 Å². The van der Waals surface area contributed by atoms with Crippen LogP contribution in [0.3, 0.4) is 0 Å². The van der Waals surface area contributed by atoms with Crippen LogP contribution in [0.15, 0.2) is 96.4 Å². The summed E-state index contributed by atoms with van der Waals surface area (Å²) in [5, 5.41) is 8.90. The first-order chi connectivity index (χ1) is 20.6. The summed E-state index contributed by atoms with van der Waals surface area (Å²) in [7, 11) is 0. The summed E-state index contributed by atoms with van der Waals surface area (Å²) in [6.07, 6.45) is 1.79. The molecule has 42 heavy (non-hydrogen) atoms. The first-order valence-corrected chi connectivity index (χ1v) is 15.6. The molecule has 0 bridgehead atoms. The number of hydrogen-bond donors (Lipinski definition) is 2. The minimum atomic E-state index is -0.188. The number of amides is 3. The number of benzene rings is 3. The molecule has 1 saturated heterocycles. The van der Waals surface area contributed by atoms with Gasteiger partial charge in [0.25, 0.3) is 0 Å². The van der Waals surface area contributed by atoms with Gasteiger partial charge in [0.1, 0.15) is 0 Å². The standard InChI is InChI=1S/C34H39N5O2S/c1-26-24-35-20-23-39(26)32(40)18-11-21-38(34(41)37-33-36-31(25-42-33)29-16-9-4-10-17-29)22-19-30(27-12-5-2-6-13-27)28-14-7-3-8-15-28/h2-10,12-17,25-26,30,35H,11,18-24H2,1H3,(H,36,37,41). The van der Waals surface area contributed by atoms with Crippen molar-refractivity contribution in [2.45, 2.75) is 38.1 Å². The van der Waals surface area contributed by atoms with Gasteiger partial charge in [0.05, 0.1) is 5.69 Å². The maximum atomic E-state index is 13.7. The number of thiazole rings is 1. The molecule has 5 rings (SSSR count). The topological polar surface area (TPSA) is 77.6 Å². The Kier molecular flexibility index (Phi) is 10.4. The van der Waals surface area contributed by atoms with E-state index in [0.717, 1.165) is 37.3 Å². The third-order valence-electron chi connectivity index (χ3n) is 7.81. The molecular weight excluding hydrogens is 542 g/mol. The highest BCUT2D eigenvalue weighted by Crippen LogP contribution is 2.29. The van der Waals surface area contributed by atoms with Gasteiger partial charge in [-0.05, 0) is 30.9 Å². The lowest BCUT2D eigenvalue weighted by Crippen LogP contribution is -2.52. The van der Waals surface area contributed by atoms with E-state index in [-0.39, 0.29) is 23.9 Å². The first-order valence-electron chi connectivity index (χ1n) is 14.8. The second-order valence-corrected chi connectivity index (χ2v) is 11.6. The van der Waals surface area contributed by atoms with Crippen molar-refractivity contribution in [3.63, 3.8) is 0 Å². The molecule has 0 aliphatic carbocycles. The van der Waals surface area contributed by atoms with Crippen molar-refractivity contribution in [2.75, 3.05) is 38.0 Å². The molecular formula is C34H39N5O2S. The van der Waals surface area contributed by atoms with E-state index in [2.05, 4.69) is 71.1 Å². The van der Waals surface area contributed by atoms with Crippen molar-refractivity contribution in [1.29, 1.82) is 0 Å². The van der Waals surface area contributed by atoms with E-state index in [1.807, 2.05) is 57.6 Å². The molecule has 0 spiro atoms. The Morgan fingerprint density at radius 2 is 1.62 bits per heavy atom. The predicted octanol–water partition coefficient (Wildman–Crippen LogP) is 6.47. The van der Waals surface area contributed by atoms with Crippen LogP contribution >= 0.6 is 11.3 Å². The fourth-order valence-electron chi connectivity index (χ4n) is 5.52. The van der Waals surface area contributed by atoms with Crippen LogP contribution in [-0.2, 0) is 4.79 Å². The van der Waals surface area contributed by atoms with E-state index in [9.17, 15) is 9.59 Å². The Morgan fingerprint density at radius 3 is 2.26 bits per heavy atom. The number of rotatable bonds is 11. The number of carbonyl (C=O) groups excluding carboxylic acids is 2. The van der Waals surface area contributed by atoms with Crippen LogP contribution in [0.5, 0.6) is 0 Å². The molecule has 8 heteroatoms. The van der Waals surface area contributed by atoms with Gasteiger partial charge in [0, 0.05) is 62.0 Å². The number of aromatic nitrogens is 1. The normalized spacial score (nSPS) is 15.0. The van der Waals surface area contributed by atoms with Crippen molar-refractivity contribution in [2.24, 2.45) is 0 Å². The molecule has 1 unspecified atom stereocenters. The van der Waals surface area contributed by atoms with Gasteiger partial charge >= 0.3 is 6.03 Å². The minimum absolute atomic E-state index is 0.149. The number of nitrogens with zero attached hydrogens (tertiary/aromatic N) is 3. The van der Waals surface area contributed by atoms with Crippen molar-refractivity contribution in [3.8, 4) is 11.3 Å². The first kappa shape index (κ1) is 29.5. The van der Waals surface area contributed by atoms with Gasteiger partial charge in [-0.2, -0.15) is 0 Å². The number of piperazine rings is 1. The number of nitrogens with one attached hydrogen (secondary N) is 2. The predicted molar refractivity (Wildman–Crippen MR) is 171 cm³/mol. The van der Waals surface area contributed by atoms with Crippen LogP contribution in [-0.4, -0.2) is 65.5 Å². The zero-order chi connectivity index (χ0) is 29.1. The highest BCUT2D eigenvalue weighted by atomic mass is 32.1. The second kappa shape index (κ2) is 14.8. The number of carbonyl (C=O) groups is 2. The summed E-state index contributed by atoms with van der Waals surface area (Å²) >= 11 is 1.42. The van der Waals surface area contributed by atoms with E-state index in [1.165, 1.54) is 22.5 Å². The third kappa shape index (κ3) is 7.84. The fraction of sp³-hybridized carbons (Fsp3) is 0.324. The van der Waals surface area contributed by atoms with E-state index >= 15 is 0 Å². The molecule has 1 atom stereocenters. The van der Waals surface area contributed by atoms with Crippen LogP contribution in [0.2, 0.25) is 0 Å². The molecule has 1 fully saturated rings. The van der Waals surface area contributed by atoms with E-state index < -0.39 is 0 Å². The summed E-state index contributed by atoms with van der Waals surface area (Å²) in [6.45, 7) is 5.49. The van der Waals surface area contributed by atoms with Crippen molar-refractivity contribution in [3.05, 3.63) is 108 Å². The van der Waals surface area contributed by atoms with Crippen molar-refractivity contribution >= 4 is 28.4 Å². The Bertz CT molecular complexity index is 1370. The maximum absolute atomic E-state index is 13.7. The molecule has 1 aliphatic heterocycles. The Hall–Kier alpha value is -4.01. The average molecular weight is 582 g/mol. The second-order valence-electron chi connectivity index (χ2n) is 10.7. The molecule has 0 saturated carbocycles. The smallest absolute Gasteiger partial charge is 0.323 e. The Balaban J connectivity index is 1.28. The summed E-state index contributed by atoms with van der Waals surface area (Å²) in [4.78, 5) is 35.1. The van der Waals surface area contributed by atoms with Gasteiger partial charge in [0.15, 0.2) is 5.13 Å². The zero-order valence-electron chi connectivity index (χ0n) is 24.1. The van der Waals surface area contributed by atoms with E-state index in [1.54, 1.807) is 0 Å². The molecule has 2 heterocycles. The monoisotopic (exact) mass is 581 g/mol. The summed E-state index contributed by atoms with van der Waals surface area (Å²) in [5.74, 6) is 0.304. The molecule has 218 valence electrons. The summed E-state index contributed by atoms with van der Waals surface area (Å²) < 4.78 is 0. The zero-order valence-corrected chi connectivity index (χ0v) is 24.9. The average Bonchev–Trinajstić information content (AvgIpc) is 3.50. The molecule has 4 aromatic rings. The van der Waals surface area contributed by atoms with Gasteiger partial charge in [-0.25, -0.2) is 9.78 Å². The van der Waals surface area contributed by atoms with Gasteiger partial charge < -0.3 is 15.1 Å². The van der Waals surface area contributed by atoms with Crippen molar-refractivity contribution in [1.82, 2.24) is 20.1 Å². The number of hydrogen-bond acceptors (Lipinski definition) is 5. The SMILES string of the molecule is CC1CNCCN1C(=O)CCCN(CCC(c1ccccc1)c1ccccc1)C(=O)Nc1nc(-c2ccccc2)cs1. The van der Waals surface area contributed by atoms with Gasteiger partial charge in [-0.15, -0.1) is 11.3 Å². The lowest BCUT2D eigenvalue weighted by molar-refractivity contribution is -0.134. The summed E-state index contributed by atoms with van der Waals surface area (Å²) in [6, 6.07) is 30.8. The third-order valence-corrected chi connectivity index (χ3v) is 8.56.